The fraction of sp³-hybridized carbons (Fsp3) is 0.0769. The number of aromatic hydroxyl groups is 1. The van der Waals surface area contributed by atoms with Crippen LogP contribution in [0, 0.1) is 6.92 Å². The summed E-state index contributed by atoms with van der Waals surface area (Å²) in [5.74, 6) is -0.727. The SMILES string of the molecule is Cc1oc2ccccc2c(=O)c1C(c1ccc(Br)cc1)c1c(O)c2ccccc2oc1=O. The Kier molecular flexibility index (Phi) is 4.94. The highest BCUT2D eigenvalue weighted by atomic mass is 79.9. The fourth-order valence-electron chi connectivity index (χ4n) is 4.14. The van der Waals surface area contributed by atoms with Crippen LogP contribution >= 0.6 is 15.9 Å². The first-order chi connectivity index (χ1) is 15.5. The maximum absolute atomic E-state index is 13.6. The average Bonchev–Trinajstić information content (AvgIpc) is 2.78. The first kappa shape index (κ1) is 20.3. The lowest BCUT2D eigenvalue weighted by atomic mass is 9.84. The number of fused-ring (bicyclic) bond motifs is 2. The second-order valence-corrected chi connectivity index (χ2v) is 8.45. The molecular formula is C26H17BrO5. The third kappa shape index (κ3) is 3.24. The zero-order valence-electron chi connectivity index (χ0n) is 17.0. The largest absolute Gasteiger partial charge is 0.507 e. The summed E-state index contributed by atoms with van der Waals surface area (Å²) in [5, 5.41) is 12.0. The van der Waals surface area contributed by atoms with E-state index in [2.05, 4.69) is 15.9 Å². The molecule has 0 saturated heterocycles. The molecule has 2 heterocycles. The van der Waals surface area contributed by atoms with Crippen LogP contribution in [0.3, 0.4) is 0 Å². The topological polar surface area (TPSA) is 80.7 Å². The Balaban J connectivity index is 1.91. The maximum Gasteiger partial charge on any atom is 0.344 e. The van der Waals surface area contributed by atoms with Gasteiger partial charge in [-0.25, -0.2) is 4.79 Å². The Morgan fingerprint density at radius 1 is 0.781 bits per heavy atom. The smallest absolute Gasteiger partial charge is 0.344 e. The van der Waals surface area contributed by atoms with Gasteiger partial charge in [0.2, 0.25) is 0 Å². The number of para-hydroxylation sites is 2. The quantitative estimate of drug-likeness (QED) is 0.322. The van der Waals surface area contributed by atoms with Crippen molar-refractivity contribution in [3.05, 3.63) is 120 Å². The van der Waals surface area contributed by atoms with Gasteiger partial charge in [0, 0.05) is 4.47 Å². The van der Waals surface area contributed by atoms with Gasteiger partial charge in [-0.15, -0.1) is 0 Å². The van der Waals surface area contributed by atoms with E-state index < -0.39 is 11.5 Å². The molecule has 1 unspecified atom stereocenters. The van der Waals surface area contributed by atoms with E-state index in [9.17, 15) is 14.7 Å². The number of halogens is 1. The lowest BCUT2D eigenvalue weighted by molar-refractivity contribution is 0.454. The van der Waals surface area contributed by atoms with Crippen molar-refractivity contribution in [1.82, 2.24) is 0 Å². The molecule has 0 spiro atoms. The summed E-state index contributed by atoms with van der Waals surface area (Å²) in [7, 11) is 0. The fourth-order valence-corrected chi connectivity index (χ4v) is 4.40. The summed E-state index contributed by atoms with van der Waals surface area (Å²) in [6.07, 6.45) is 0. The van der Waals surface area contributed by atoms with Gasteiger partial charge in [0.15, 0.2) is 5.43 Å². The van der Waals surface area contributed by atoms with Crippen molar-refractivity contribution in [1.29, 1.82) is 0 Å². The molecule has 0 aliphatic rings. The molecule has 32 heavy (non-hydrogen) atoms. The van der Waals surface area contributed by atoms with Crippen LogP contribution in [-0.2, 0) is 0 Å². The van der Waals surface area contributed by atoms with Crippen LogP contribution in [0.2, 0.25) is 0 Å². The molecule has 0 aliphatic heterocycles. The van der Waals surface area contributed by atoms with Crippen LogP contribution in [0.4, 0.5) is 0 Å². The molecule has 5 aromatic rings. The van der Waals surface area contributed by atoms with E-state index in [1.54, 1.807) is 67.6 Å². The van der Waals surface area contributed by atoms with E-state index in [4.69, 9.17) is 8.83 Å². The third-order valence-corrected chi connectivity index (χ3v) is 6.15. The summed E-state index contributed by atoms with van der Waals surface area (Å²) < 4.78 is 12.3. The molecule has 6 heteroatoms. The lowest BCUT2D eigenvalue weighted by Gasteiger charge is -2.20. The van der Waals surface area contributed by atoms with Gasteiger partial charge in [-0.1, -0.05) is 52.3 Å². The first-order valence-corrected chi connectivity index (χ1v) is 10.8. The Morgan fingerprint density at radius 3 is 2.06 bits per heavy atom. The van der Waals surface area contributed by atoms with E-state index in [-0.39, 0.29) is 27.9 Å². The highest BCUT2D eigenvalue weighted by Crippen LogP contribution is 2.39. The summed E-state index contributed by atoms with van der Waals surface area (Å²) in [6.45, 7) is 1.69. The van der Waals surface area contributed by atoms with Gasteiger partial charge in [0.1, 0.15) is 22.7 Å². The molecule has 0 bridgehead atoms. The second kappa shape index (κ2) is 7.80. The van der Waals surface area contributed by atoms with Gasteiger partial charge >= 0.3 is 5.63 Å². The number of hydrogen-bond donors (Lipinski definition) is 1. The summed E-state index contributed by atoms with van der Waals surface area (Å²) >= 11 is 3.42. The predicted molar refractivity (Wildman–Crippen MR) is 126 cm³/mol. The zero-order chi connectivity index (χ0) is 22.4. The second-order valence-electron chi connectivity index (χ2n) is 7.53. The molecule has 1 N–H and O–H groups in total. The number of rotatable bonds is 3. The molecule has 3 aromatic carbocycles. The van der Waals surface area contributed by atoms with Gasteiger partial charge in [-0.05, 0) is 48.9 Å². The molecular weight excluding hydrogens is 472 g/mol. The van der Waals surface area contributed by atoms with Gasteiger partial charge < -0.3 is 13.9 Å². The standard InChI is InChI=1S/C26H17BrO5/c1-14-21(24(28)17-6-2-4-8-19(17)31-14)22(15-10-12-16(27)13-11-15)23-25(29)18-7-3-5-9-20(18)32-26(23)30/h2-13,22,29H,1H3. The van der Waals surface area contributed by atoms with Crippen LogP contribution in [0.25, 0.3) is 21.9 Å². The van der Waals surface area contributed by atoms with Crippen molar-refractivity contribution in [3.63, 3.8) is 0 Å². The predicted octanol–water partition coefficient (Wildman–Crippen LogP) is 5.86. The van der Waals surface area contributed by atoms with E-state index in [0.717, 1.165) is 4.47 Å². The molecule has 0 aliphatic carbocycles. The molecule has 0 fully saturated rings. The molecule has 0 amide bonds. The number of aryl methyl sites for hydroxylation is 1. The molecule has 2 aromatic heterocycles. The Labute approximate surface area is 190 Å². The van der Waals surface area contributed by atoms with E-state index in [0.29, 0.717) is 27.7 Å². The highest BCUT2D eigenvalue weighted by molar-refractivity contribution is 9.10. The lowest BCUT2D eigenvalue weighted by Crippen LogP contribution is -2.22. The van der Waals surface area contributed by atoms with Gasteiger partial charge in [0.05, 0.1) is 27.8 Å². The molecule has 0 saturated carbocycles. The van der Waals surface area contributed by atoms with Crippen molar-refractivity contribution in [2.24, 2.45) is 0 Å². The van der Waals surface area contributed by atoms with Crippen LogP contribution in [0.15, 0.2) is 95.7 Å². The van der Waals surface area contributed by atoms with Crippen LogP contribution in [0.5, 0.6) is 5.75 Å². The number of hydrogen-bond acceptors (Lipinski definition) is 5. The van der Waals surface area contributed by atoms with E-state index in [1.807, 2.05) is 12.1 Å². The molecule has 158 valence electrons. The monoisotopic (exact) mass is 488 g/mol. The van der Waals surface area contributed by atoms with Crippen molar-refractivity contribution in [2.45, 2.75) is 12.8 Å². The van der Waals surface area contributed by atoms with E-state index >= 15 is 0 Å². The van der Waals surface area contributed by atoms with Crippen LogP contribution in [0.1, 0.15) is 28.4 Å². The Morgan fingerprint density at radius 2 is 1.38 bits per heavy atom. The van der Waals surface area contributed by atoms with E-state index in [1.165, 1.54) is 0 Å². The summed E-state index contributed by atoms with van der Waals surface area (Å²) in [5.41, 5.74) is 0.696. The first-order valence-electron chi connectivity index (χ1n) is 9.98. The van der Waals surface area contributed by atoms with Crippen molar-refractivity contribution in [3.8, 4) is 5.75 Å². The summed E-state index contributed by atoms with van der Waals surface area (Å²) in [6, 6.07) is 21.0. The van der Waals surface area contributed by atoms with Gasteiger partial charge in [-0.2, -0.15) is 0 Å². The number of benzene rings is 3. The Bertz CT molecular complexity index is 1590. The normalized spacial score (nSPS) is 12.3. The molecule has 0 radical (unpaired) electrons. The molecule has 5 rings (SSSR count). The molecule has 5 nitrogen and oxygen atoms in total. The average molecular weight is 489 g/mol. The van der Waals surface area contributed by atoms with Crippen molar-refractivity contribution in [2.75, 3.05) is 0 Å². The third-order valence-electron chi connectivity index (χ3n) is 5.62. The van der Waals surface area contributed by atoms with Crippen LogP contribution in [-0.4, -0.2) is 5.11 Å². The van der Waals surface area contributed by atoms with Crippen molar-refractivity contribution < 1.29 is 13.9 Å². The Hall–Kier alpha value is -3.64. The zero-order valence-corrected chi connectivity index (χ0v) is 18.5. The minimum absolute atomic E-state index is 0.00305. The minimum Gasteiger partial charge on any atom is -0.507 e. The van der Waals surface area contributed by atoms with Crippen molar-refractivity contribution >= 4 is 37.9 Å². The molecule has 1 atom stereocenters. The highest BCUT2D eigenvalue weighted by Gasteiger charge is 2.31. The van der Waals surface area contributed by atoms with Gasteiger partial charge in [0.25, 0.3) is 0 Å². The van der Waals surface area contributed by atoms with Gasteiger partial charge in [-0.3, -0.25) is 4.79 Å². The minimum atomic E-state index is -0.884. The van der Waals surface area contributed by atoms with Crippen LogP contribution < -0.4 is 11.1 Å². The summed E-state index contributed by atoms with van der Waals surface area (Å²) in [4.78, 5) is 26.7. The maximum atomic E-state index is 13.6.